The molecule has 1 aromatic rings. The minimum atomic E-state index is -0.393. The van der Waals surface area contributed by atoms with Crippen LogP contribution in [-0.2, 0) is 11.3 Å². The van der Waals surface area contributed by atoms with E-state index >= 15 is 0 Å². The molecule has 2 rings (SSSR count). The number of rotatable bonds is 4. The highest BCUT2D eigenvalue weighted by molar-refractivity contribution is 5.97. The lowest BCUT2D eigenvalue weighted by Gasteiger charge is -2.26. The van der Waals surface area contributed by atoms with E-state index in [-0.39, 0.29) is 5.91 Å². The van der Waals surface area contributed by atoms with Gasteiger partial charge in [0.2, 0.25) is 5.91 Å². The van der Waals surface area contributed by atoms with Crippen molar-refractivity contribution in [3.63, 3.8) is 0 Å². The fourth-order valence-corrected chi connectivity index (χ4v) is 2.30. The monoisotopic (exact) mass is 236 g/mol. The van der Waals surface area contributed by atoms with Gasteiger partial charge in [-0.25, -0.2) is 0 Å². The largest absolute Gasteiger partial charge is 0.308 e. The van der Waals surface area contributed by atoms with Crippen LogP contribution in [-0.4, -0.2) is 27.8 Å². The van der Waals surface area contributed by atoms with Crippen LogP contribution in [0.15, 0.2) is 12.3 Å². The molecule has 5 heteroatoms. The van der Waals surface area contributed by atoms with E-state index in [1.165, 1.54) is 0 Å². The smallest absolute Gasteiger partial charge is 0.245 e. The predicted molar refractivity (Wildman–Crippen MR) is 66.8 cm³/mol. The van der Waals surface area contributed by atoms with Crippen molar-refractivity contribution in [3.05, 3.63) is 12.3 Å². The molecule has 0 aliphatic carbocycles. The summed E-state index contributed by atoms with van der Waals surface area (Å²) in [5.41, 5.74) is -0.393. The number of aryl methyl sites for hydroxylation is 1. The van der Waals surface area contributed by atoms with Crippen molar-refractivity contribution in [2.75, 3.05) is 11.9 Å². The van der Waals surface area contributed by atoms with Gasteiger partial charge in [0, 0.05) is 18.8 Å². The molecule has 0 saturated carbocycles. The minimum absolute atomic E-state index is 0.0406. The molecule has 1 unspecified atom stereocenters. The molecule has 1 aliphatic rings. The molecule has 1 amide bonds. The van der Waals surface area contributed by atoms with Gasteiger partial charge in [-0.1, -0.05) is 6.92 Å². The Bertz CT molecular complexity index is 393. The first kappa shape index (κ1) is 12.1. The average molecular weight is 236 g/mol. The summed E-state index contributed by atoms with van der Waals surface area (Å²) >= 11 is 0. The maximum Gasteiger partial charge on any atom is 0.245 e. The van der Waals surface area contributed by atoms with Gasteiger partial charge in [-0.05, 0) is 32.7 Å². The van der Waals surface area contributed by atoms with E-state index in [0.717, 1.165) is 32.4 Å². The van der Waals surface area contributed by atoms with Crippen molar-refractivity contribution in [3.8, 4) is 0 Å². The Hall–Kier alpha value is -1.36. The summed E-state index contributed by atoms with van der Waals surface area (Å²) < 4.78 is 1.80. The summed E-state index contributed by atoms with van der Waals surface area (Å²) in [4.78, 5) is 12.2. The van der Waals surface area contributed by atoms with Crippen molar-refractivity contribution in [1.82, 2.24) is 15.1 Å². The highest BCUT2D eigenvalue weighted by Crippen LogP contribution is 2.24. The van der Waals surface area contributed by atoms with Gasteiger partial charge in [0.25, 0.3) is 0 Å². The molecule has 5 nitrogen and oxygen atoms in total. The van der Waals surface area contributed by atoms with Gasteiger partial charge in [0.05, 0.1) is 5.54 Å². The molecule has 2 heterocycles. The van der Waals surface area contributed by atoms with Gasteiger partial charge < -0.3 is 10.6 Å². The summed E-state index contributed by atoms with van der Waals surface area (Å²) in [6.45, 7) is 5.80. The Balaban J connectivity index is 2.05. The molecule has 17 heavy (non-hydrogen) atoms. The van der Waals surface area contributed by atoms with Crippen LogP contribution in [0.25, 0.3) is 0 Å². The number of hydrogen-bond acceptors (Lipinski definition) is 3. The lowest BCUT2D eigenvalue weighted by atomic mass is 9.93. The molecule has 1 aliphatic heterocycles. The molecule has 1 saturated heterocycles. The van der Waals surface area contributed by atoms with Crippen molar-refractivity contribution in [2.45, 2.75) is 45.2 Å². The molecule has 1 fully saturated rings. The molecule has 0 aromatic carbocycles. The highest BCUT2D eigenvalue weighted by Gasteiger charge is 2.39. The molecular weight excluding hydrogens is 216 g/mol. The molecule has 1 atom stereocenters. The number of nitrogens with zero attached hydrogens (tertiary/aromatic N) is 2. The van der Waals surface area contributed by atoms with E-state index in [1.807, 2.05) is 26.1 Å². The van der Waals surface area contributed by atoms with E-state index < -0.39 is 5.54 Å². The molecule has 94 valence electrons. The maximum atomic E-state index is 12.2. The summed E-state index contributed by atoms with van der Waals surface area (Å²) in [5, 5.41) is 10.5. The van der Waals surface area contributed by atoms with Crippen molar-refractivity contribution >= 4 is 11.7 Å². The van der Waals surface area contributed by atoms with Crippen LogP contribution >= 0.6 is 0 Å². The normalized spacial score (nSPS) is 23.9. The van der Waals surface area contributed by atoms with Crippen LogP contribution < -0.4 is 10.6 Å². The van der Waals surface area contributed by atoms with Gasteiger partial charge in [0.1, 0.15) is 0 Å². The topological polar surface area (TPSA) is 59.0 Å². The number of carbonyl (C=O) groups excluding carboxylic acids is 1. The molecule has 0 spiro atoms. The summed E-state index contributed by atoms with van der Waals surface area (Å²) in [5.74, 6) is 0.678. The first-order chi connectivity index (χ1) is 8.20. The lowest BCUT2D eigenvalue weighted by molar-refractivity contribution is -0.122. The number of anilines is 1. The fourth-order valence-electron chi connectivity index (χ4n) is 2.30. The number of amides is 1. The second-order valence-corrected chi connectivity index (χ2v) is 4.48. The van der Waals surface area contributed by atoms with Crippen LogP contribution in [0.1, 0.15) is 33.1 Å². The molecular formula is C12H20N4O. The lowest BCUT2D eigenvalue weighted by Crippen LogP contribution is -2.50. The Kier molecular flexibility index (Phi) is 3.47. The van der Waals surface area contributed by atoms with Crippen molar-refractivity contribution in [1.29, 1.82) is 0 Å². The van der Waals surface area contributed by atoms with E-state index in [1.54, 1.807) is 4.68 Å². The van der Waals surface area contributed by atoms with Crippen LogP contribution in [0.2, 0.25) is 0 Å². The second-order valence-electron chi connectivity index (χ2n) is 4.48. The fraction of sp³-hybridized carbons (Fsp3) is 0.667. The Morgan fingerprint density at radius 2 is 2.47 bits per heavy atom. The van der Waals surface area contributed by atoms with Crippen LogP contribution in [0.3, 0.4) is 0 Å². The van der Waals surface area contributed by atoms with Gasteiger partial charge in [-0.15, -0.1) is 0 Å². The number of nitrogens with one attached hydrogen (secondary N) is 2. The maximum absolute atomic E-state index is 12.2. The third kappa shape index (κ3) is 2.34. The highest BCUT2D eigenvalue weighted by atomic mass is 16.2. The van der Waals surface area contributed by atoms with Crippen LogP contribution in [0.4, 0.5) is 5.82 Å². The summed E-state index contributed by atoms with van der Waals surface area (Å²) in [6.07, 6.45) is 4.65. The Labute approximate surface area is 102 Å². The number of hydrogen-bond donors (Lipinski definition) is 2. The summed E-state index contributed by atoms with van der Waals surface area (Å²) in [6, 6.07) is 1.83. The quantitative estimate of drug-likeness (QED) is 0.830. The molecule has 0 radical (unpaired) electrons. The zero-order valence-electron chi connectivity index (χ0n) is 10.5. The number of aromatic nitrogens is 2. The number of carbonyl (C=O) groups is 1. The van der Waals surface area contributed by atoms with Gasteiger partial charge >= 0.3 is 0 Å². The second kappa shape index (κ2) is 4.87. The first-order valence-electron chi connectivity index (χ1n) is 6.30. The third-order valence-corrected chi connectivity index (χ3v) is 3.49. The first-order valence-corrected chi connectivity index (χ1v) is 6.30. The van der Waals surface area contributed by atoms with Crippen molar-refractivity contribution < 1.29 is 4.79 Å². The molecule has 2 N–H and O–H groups in total. The third-order valence-electron chi connectivity index (χ3n) is 3.49. The van der Waals surface area contributed by atoms with E-state index in [0.29, 0.717) is 5.82 Å². The zero-order valence-corrected chi connectivity index (χ0v) is 10.5. The van der Waals surface area contributed by atoms with E-state index in [2.05, 4.69) is 15.7 Å². The van der Waals surface area contributed by atoms with Crippen molar-refractivity contribution in [2.24, 2.45) is 0 Å². The molecule has 0 bridgehead atoms. The minimum Gasteiger partial charge on any atom is -0.308 e. The van der Waals surface area contributed by atoms with Crippen LogP contribution in [0.5, 0.6) is 0 Å². The SMILES string of the molecule is CCn1ccc(NC(=O)C2(CC)CCCN2)n1. The molecule has 1 aromatic heterocycles. The van der Waals surface area contributed by atoms with Gasteiger partial charge in [0.15, 0.2) is 5.82 Å². The summed E-state index contributed by atoms with van der Waals surface area (Å²) in [7, 11) is 0. The van der Waals surface area contributed by atoms with Gasteiger partial charge in [-0.2, -0.15) is 5.10 Å². The average Bonchev–Trinajstić information content (AvgIpc) is 2.97. The Morgan fingerprint density at radius 3 is 3.00 bits per heavy atom. The standard InChI is InChI=1S/C12H20N4O/c1-3-12(7-5-8-13-12)11(17)14-10-6-9-16(4-2)15-10/h6,9,13H,3-5,7-8H2,1-2H3,(H,14,15,17). The zero-order chi connectivity index (χ0) is 12.3. The van der Waals surface area contributed by atoms with E-state index in [9.17, 15) is 4.79 Å². The Morgan fingerprint density at radius 1 is 1.65 bits per heavy atom. The van der Waals surface area contributed by atoms with Crippen LogP contribution in [0, 0.1) is 0 Å². The predicted octanol–water partition coefficient (Wildman–Crippen LogP) is 1.37. The van der Waals surface area contributed by atoms with E-state index in [4.69, 9.17) is 0 Å². The van der Waals surface area contributed by atoms with Gasteiger partial charge in [-0.3, -0.25) is 9.48 Å².